The fraction of sp³-hybridized carbons (Fsp3) is 0.605. The van der Waals surface area contributed by atoms with Gasteiger partial charge in [-0.05, 0) is 62.3 Å². The molecule has 4 rings (SSSR count). The van der Waals surface area contributed by atoms with Crippen LogP contribution in [0.25, 0.3) is 0 Å². The summed E-state index contributed by atoms with van der Waals surface area (Å²) in [5.74, 6) is -1.08. The summed E-state index contributed by atoms with van der Waals surface area (Å²) in [5.41, 5.74) is -0.579. The second-order valence-electron chi connectivity index (χ2n) is 14.1. The van der Waals surface area contributed by atoms with Crippen LogP contribution in [0.2, 0.25) is 0 Å². The van der Waals surface area contributed by atoms with Crippen molar-refractivity contribution in [1.29, 1.82) is 0 Å². The first-order valence-corrected chi connectivity index (χ1v) is 22.5. The van der Waals surface area contributed by atoms with Crippen LogP contribution in [0.3, 0.4) is 0 Å². The normalized spacial score (nSPS) is 26.3. The third kappa shape index (κ3) is 15.5. The van der Waals surface area contributed by atoms with E-state index in [1.54, 1.807) is 24.3 Å². The van der Waals surface area contributed by atoms with E-state index in [1.165, 1.54) is 30.9 Å². The summed E-state index contributed by atoms with van der Waals surface area (Å²) in [6.45, 7) is -2.54. The molecule has 2 aliphatic heterocycles. The van der Waals surface area contributed by atoms with Gasteiger partial charge in [-0.3, -0.25) is 19.1 Å². The first kappa shape index (κ1) is 49.2. The van der Waals surface area contributed by atoms with Crippen molar-refractivity contribution in [3.05, 3.63) is 81.1 Å². The highest BCUT2D eigenvalue weighted by atomic mass is 32.5. The van der Waals surface area contributed by atoms with Gasteiger partial charge in [0.05, 0.1) is 11.6 Å². The molecule has 1 aromatic carbocycles. The zero-order valence-corrected chi connectivity index (χ0v) is 35.9. The standard InChI is InChI=1S/C38H55N4O15PS2/c1-24(44)40-31-33(47)32(46)27(21-43)56-36(31)52-20-12-10-16-30(59)39-18-11-5-3-4-9-15-26-34(57-58(50,60)51-2)28(55-35(26)42-19-17-29(45)41-37(42)48)23-54-38(49)53-22-25-13-7-6-8-14-25/h4,6-9,13-14,17,19,26-28,31-36,43,46-47H,3,5,10-12,15-16,18,20-23H2,1-2H3,(H,39,59)(H,40,44)(H,50,60)(H,41,45,48)/b9-4+/t26-,27+,28+,31+,32-,33+,34?,35+,36+,58?/m0/s1. The summed E-state index contributed by atoms with van der Waals surface area (Å²) in [5, 5.41) is 35.8. The van der Waals surface area contributed by atoms with E-state index in [0.717, 1.165) is 18.4 Å². The summed E-state index contributed by atoms with van der Waals surface area (Å²) < 4.78 is 40.2. The minimum Gasteiger partial charge on any atom is -0.431 e. The molecule has 0 radical (unpaired) electrons. The SMILES string of the molecule is COP(O)(=S)OC1[C@@H](COC(=O)OCc2ccccc2)O[C@@H](n2ccc(=O)[nH]c2=O)[C@H]1C/C=C/CCCCNC(=S)CCCCO[C@@H]1O[C@H](CO)[C@H](O)[C@H](O)[C@H]1NC(C)=O. The zero-order valence-electron chi connectivity index (χ0n) is 33.4. The zero-order chi connectivity index (χ0) is 43.7. The molecule has 3 heterocycles. The maximum Gasteiger partial charge on any atom is 0.508 e. The molecule has 1 aromatic heterocycles. The quantitative estimate of drug-likeness (QED) is 0.0276. The predicted molar refractivity (Wildman–Crippen MR) is 223 cm³/mol. The average molecular weight is 903 g/mol. The Kier molecular flexibility index (Phi) is 20.4. The highest BCUT2D eigenvalue weighted by Crippen LogP contribution is 2.50. The van der Waals surface area contributed by atoms with Gasteiger partial charge in [0.25, 0.3) is 5.56 Å². The second kappa shape index (κ2) is 24.9. The molecule has 22 heteroatoms. The van der Waals surface area contributed by atoms with E-state index in [1.807, 2.05) is 18.2 Å². The van der Waals surface area contributed by atoms with Crippen LogP contribution < -0.4 is 21.9 Å². The van der Waals surface area contributed by atoms with Crippen molar-refractivity contribution in [3.8, 4) is 0 Å². The fourth-order valence-corrected chi connectivity index (χ4v) is 7.84. The van der Waals surface area contributed by atoms with Crippen LogP contribution in [0.15, 0.2) is 64.3 Å². The van der Waals surface area contributed by atoms with Gasteiger partial charge in [-0.15, -0.1) is 0 Å². The van der Waals surface area contributed by atoms with Gasteiger partial charge in [-0.2, -0.15) is 0 Å². The molecule has 2 aliphatic rings. The lowest BCUT2D eigenvalue weighted by atomic mass is 9.95. The lowest BCUT2D eigenvalue weighted by molar-refractivity contribution is -0.270. The molecule has 0 aliphatic carbocycles. The van der Waals surface area contributed by atoms with E-state index in [4.69, 9.17) is 56.8 Å². The first-order valence-electron chi connectivity index (χ1n) is 19.5. The number of hydrogen-bond donors (Lipinski definition) is 7. The lowest BCUT2D eigenvalue weighted by Gasteiger charge is -2.42. The number of rotatable bonds is 23. The minimum absolute atomic E-state index is 0.0236. The number of allylic oxidation sites excluding steroid dienone is 2. The van der Waals surface area contributed by atoms with Gasteiger partial charge in [0.1, 0.15) is 56.0 Å². The number of aliphatic hydroxyl groups excluding tert-OH is 3. The van der Waals surface area contributed by atoms with Gasteiger partial charge in [-0.1, -0.05) is 54.7 Å². The Balaban J connectivity index is 1.24. The van der Waals surface area contributed by atoms with Crippen LogP contribution in [0.4, 0.5) is 4.79 Å². The van der Waals surface area contributed by atoms with E-state index < -0.39 is 91.6 Å². The molecule has 2 unspecified atom stereocenters. The first-order chi connectivity index (χ1) is 28.7. The maximum absolute atomic E-state index is 12.9. The molecule has 0 spiro atoms. The van der Waals surface area contributed by atoms with Gasteiger partial charge in [0.15, 0.2) is 6.29 Å². The van der Waals surface area contributed by atoms with Crippen molar-refractivity contribution in [2.24, 2.45) is 5.92 Å². The largest absolute Gasteiger partial charge is 0.508 e. The van der Waals surface area contributed by atoms with Crippen molar-refractivity contribution in [1.82, 2.24) is 20.2 Å². The van der Waals surface area contributed by atoms with Gasteiger partial charge in [-0.25, -0.2) is 9.59 Å². The lowest BCUT2D eigenvalue weighted by Crippen LogP contribution is -2.64. The van der Waals surface area contributed by atoms with E-state index >= 15 is 0 Å². The number of aromatic nitrogens is 2. The number of ether oxygens (including phenoxy) is 5. The number of thiocarbonyl (C=S) groups is 1. The molecule has 10 atom stereocenters. The van der Waals surface area contributed by atoms with Crippen LogP contribution in [-0.4, -0.2) is 123 Å². The van der Waals surface area contributed by atoms with Crippen LogP contribution >= 0.6 is 18.9 Å². The molecule has 7 N–H and O–H groups in total. The molecule has 2 fully saturated rings. The number of nitrogens with one attached hydrogen (secondary N) is 3. The van der Waals surface area contributed by atoms with E-state index in [2.05, 4.69) is 15.6 Å². The van der Waals surface area contributed by atoms with Gasteiger partial charge in [0.2, 0.25) is 5.91 Å². The number of nitrogens with zero attached hydrogens (tertiary/aromatic N) is 1. The van der Waals surface area contributed by atoms with Crippen molar-refractivity contribution in [2.75, 3.05) is 33.5 Å². The monoisotopic (exact) mass is 902 g/mol. The van der Waals surface area contributed by atoms with Crippen molar-refractivity contribution < 1.29 is 62.5 Å². The molecular formula is C38H55N4O15PS2. The topological polar surface area (TPSA) is 259 Å². The highest BCUT2D eigenvalue weighted by molar-refractivity contribution is 8.07. The number of aromatic amines is 1. The predicted octanol–water partition coefficient (Wildman–Crippen LogP) is 1.82. The Labute approximate surface area is 357 Å². The molecular weight excluding hydrogens is 848 g/mol. The smallest absolute Gasteiger partial charge is 0.431 e. The van der Waals surface area contributed by atoms with E-state index in [9.17, 15) is 39.4 Å². The number of aliphatic hydroxyl groups is 3. The summed E-state index contributed by atoms with van der Waals surface area (Å²) in [4.78, 5) is 62.4. The highest BCUT2D eigenvalue weighted by Gasteiger charge is 2.49. The van der Waals surface area contributed by atoms with Gasteiger partial charge < -0.3 is 63.6 Å². The Morgan fingerprint density at radius 3 is 2.48 bits per heavy atom. The molecule has 0 saturated carbocycles. The van der Waals surface area contributed by atoms with Crippen LogP contribution in [0.1, 0.15) is 63.7 Å². The summed E-state index contributed by atoms with van der Waals surface area (Å²) in [7, 11) is 1.20. The number of hydrogen-bond acceptors (Lipinski definition) is 16. The number of H-pyrrole nitrogens is 1. The minimum atomic E-state index is -3.78. The average Bonchev–Trinajstić information content (AvgIpc) is 3.54. The number of unbranched alkanes of at least 4 members (excludes halogenated alkanes) is 3. The number of carbonyl (C=O) groups is 2. The fourth-order valence-electron chi connectivity index (χ4n) is 6.61. The Hall–Kier alpha value is -3.44. The Morgan fingerprint density at radius 1 is 1.02 bits per heavy atom. The van der Waals surface area contributed by atoms with Crippen molar-refractivity contribution >= 4 is 47.8 Å². The van der Waals surface area contributed by atoms with Crippen molar-refractivity contribution in [2.45, 2.75) is 108 Å². The van der Waals surface area contributed by atoms with Crippen LogP contribution in [0.5, 0.6) is 0 Å². The third-order valence-corrected chi connectivity index (χ3v) is 11.7. The van der Waals surface area contributed by atoms with Gasteiger partial charge in [0, 0.05) is 45.4 Å². The number of benzene rings is 1. The molecule has 2 aromatic rings. The molecule has 60 heavy (non-hydrogen) atoms. The van der Waals surface area contributed by atoms with Crippen molar-refractivity contribution in [3.63, 3.8) is 0 Å². The second-order valence-corrected chi connectivity index (χ2v) is 17.5. The van der Waals surface area contributed by atoms with Crippen LogP contribution in [-0.2, 0) is 55.9 Å². The third-order valence-electron chi connectivity index (χ3n) is 9.67. The van der Waals surface area contributed by atoms with Gasteiger partial charge >= 0.3 is 18.6 Å². The maximum atomic E-state index is 12.9. The van der Waals surface area contributed by atoms with Crippen LogP contribution in [0, 0.1) is 5.92 Å². The Morgan fingerprint density at radius 2 is 1.78 bits per heavy atom. The molecule has 19 nitrogen and oxygen atoms in total. The molecule has 334 valence electrons. The van der Waals surface area contributed by atoms with E-state index in [0.29, 0.717) is 37.2 Å². The summed E-state index contributed by atoms with van der Waals surface area (Å²) >= 11 is 10.6. The molecule has 1 amide bonds. The number of amides is 1. The molecule has 0 bridgehead atoms. The summed E-state index contributed by atoms with van der Waals surface area (Å²) in [6, 6.07) is 9.19. The summed E-state index contributed by atoms with van der Waals surface area (Å²) in [6.07, 6.45) is 0.822. The number of carbonyl (C=O) groups excluding carboxylic acids is 2. The van der Waals surface area contributed by atoms with E-state index in [-0.39, 0.29) is 26.2 Å². The molecule has 2 saturated heterocycles. The Bertz CT molecular complexity index is 1870.